The zero-order chi connectivity index (χ0) is 14.0. The number of hydrogen-bond donors (Lipinski definition) is 2. The van der Waals surface area contributed by atoms with Crippen LogP contribution in [0.1, 0.15) is 42.9 Å². The number of carbonyl (C=O) groups is 1. The molecule has 0 radical (unpaired) electrons. The predicted octanol–water partition coefficient (Wildman–Crippen LogP) is 1.66. The van der Waals surface area contributed by atoms with E-state index in [9.17, 15) is 4.79 Å². The van der Waals surface area contributed by atoms with Crippen LogP contribution < -0.4 is 10.6 Å². The number of nitrogens with one attached hydrogen (secondary N) is 2. The standard InChI is InChI=1S/C14H24N4O.ClH/c1-10-8-11(18(4)17-10)13(19)16-9-12-14(2,3)6-5-7-15-12;/h8,12,15H,5-7,9H2,1-4H3,(H,16,19);1H. The first kappa shape index (κ1) is 17.0. The maximum absolute atomic E-state index is 12.1. The second kappa shape index (κ2) is 6.59. The fraction of sp³-hybridized carbons (Fsp3) is 0.714. The van der Waals surface area contributed by atoms with Gasteiger partial charge in [0.05, 0.1) is 5.69 Å². The summed E-state index contributed by atoms with van der Waals surface area (Å²) < 4.78 is 1.63. The molecule has 114 valence electrons. The summed E-state index contributed by atoms with van der Waals surface area (Å²) in [5, 5.41) is 10.7. The lowest BCUT2D eigenvalue weighted by Crippen LogP contribution is -2.52. The van der Waals surface area contributed by atoms with Gasteiger partial charge in [0.25, 0.3) is 5.91 Å². The van der Waals surface area contributed by atoms with Gasteiger partial charge in [0.15, 0.2) is 0 Å². The molecule has 1 atom stereocenters. The Morgan fingerprint density at radius 3 is 2.85 bits per heavy atom. The number of aromatic nitrogens is 2. The summed E-state index contributed by atoms with van der Waals surface area (Å²) in [6.07, 6.45) is 2.41. The molecule has 6 heteroatoms. The third-order valence-electron chi connectivity index (χ3n) is 4.03. The van der Waals surface area contributed by atoms with Gasteiger partial charge in [-0.25, -0.2) is 0 Å². The van der Waals surface area contributed by atoms with Crippen LogP contribution in [0.25, 0.3) is 0 Å². The van der Waals surface area contributed by atoms with E-state index in [2.05, 4.69) is 29.6 Å². The summed E-state index contributed by atoms with van der Waals surface area (Å²) in [6.45, 7) is 8.10. The number of halogens is 1. The van der Waals surface area contributed by atoms with Crippen LogP contribution in [0.2, 0.25) is 0 Å². The third-order valence-corrected chi connectivity index (χ3v) is 4.03. The van der Waals surface area contributed by atoms with Crippen molar-refractivity contribution >= 4 is 18.3 Å². The van der Waals surface area contributed by atoms with Crippen LogP contribution in [0.15, 0.2) is 6.07 Å². The van der Waals surface area contributed by atoms with E-state index in [1.54, 1.807) is 11.7 Å². The molecule has 1 unspecified atom stereocenters. The molecular formula is C14H25ClN4O. The van der Waals surface area contributed by atoms with Crippen molar-refractivity contribution in [3.05, 3.63) is 17.5 Å². The Hall–Kier alpha value is -1.07. The summed E-state index contributed by atoms with van der Waals surface area (Å²) in [6, 6.07) is 2.15. The smallest absolute Gasteiger partial charge is 0.269 e. The van der Waals surface area contributed by atoms with E-state index in [4.69, 9.17) is 0 Å². The summed E-state index contributed by atoms with van der Waals surface area (Å²) in [7, 11) is 1.80. The fourth-order valence-corrected chi connectivity index (χ4v) is 2.73. The van der Waals surface area contributed by atoms with Crippen molar-refractivity contribution in [2.24, 2.45) is 12.5 Å². The van der Waals surface area contributed by atoms with Gasteiger partial charge in [-0.2, -0.15) is 5.10 Å². The van der Waals surface area contributed by atoms with Crippen molar-refractivity contribution in [1.29, 1.82) is 0 Å². The van der Waals surface area contributed by atoms with E-state index in [0.717, 1.165) is 12.2 Å². The zero-order valence-electron chi connectivity index (χ0n) is 12.7. The van der Waals surface area contributed by atoms with Gasteiger partial charge in [-0.3, -0.25) is 9.48 Å². The van der Waals surface area contributed by atoms with Crippen LogP contribution in [0, 0.1) is 12.3 Å². The molecule has 2 N–H and O–H groups in total. The lowest BCUT2D eigenvalue weighted by Gasteiger charge is -2.39. The SMILES string of the molecule is Cc1cc(C(=O)NCC2NCCCC2(C)C)n(C)n1.Cl. The number of piperidine rings is 1. The molecule has 1 amide bonds. The molecular weight excluding hydrogens is 276 g/mol. The first-order valence-electron chi connectivity index (χ1n) is 6.92. The second-order valence-electron chi connectivity index (χ2n) is 6.10. The minimum absolute atomic E-state index is 0. The summed E-state index contributed by atoms with van der Waals surface area (Å²) in [5.41, 5.74) is 1.71. The van der Waals surface area contributed by atoms with Gasteiger partial charge >= 0.3 is 0 Å². The van der Waals surface area contributed by atoms with Crippen LogP contribution in [0.3, 0.4) is 0 Å². The highest BCUT2D eigenvalue weighted by Crippen LogP contribution is 2.29. The molecule has 0 aliphatic carbocycles. The van der Waals surface area contributed by atoms with Crippen molar-refractivity contribution in [3.8, 4) is 0 Å². The van der Waals surface area contributed by atoms with Gasteiger partial charge in [0, 0.05) is 19.6 Å². The number of rotatable bonds is 3. The Bertz CT molecular complexity index is 470. The topological polar surface area (TPSA) is 59.0 Å². The van der Waals surface area contributed by atoms with Crippen molar-refractivity contribution in [2.45, 2.75) is 39.7 Å². The highest BCUT2D eigenvalue weighted by atomic mass is 35.5. The molecule has 1 fully saturated rings. The van der Waals surface area contributed by atoms with Crippen molar-refractivity contribution < 1.29 is 4.79 Å². The Labute approximate surface area is 126 Å². The van der Waals surface area contributed by atoms with E-state index in [1.165, 1.54) is 12.8 Å². The lowest BCUT2D eigenvalue weighted by molar-refractivity contribution is 0.0919. The Balaban J connectivity index is 0.00000200. The van der Waals surface area contributed by atoms with Gasteiger partial charge in [-0.1, -0.05) is 13.8 Å². The third kappa shape index (κ3) is 3.73. The normalized spacial score (nSPS) is 21.1. The maximum Gasteiger partial charge on any atom is 0.269 e. The van der Waals surface area contributed by atoms with Gasteiger partial charge < -0.3 is 10.6 Å². The van der Waals surface area contributed by atoms with Crippen molar-refractivity contribution in [1.82, 2.24) is 20.4 Å². The van der Waals surface area contributed by atoms with Crippen LogP contribution in [0.4, 0.5) is 0 Å². The quantitative estimate of drug-likeness (QED) is 0.892. The number of nitrogens with zero attached hydrogens (tertiary/aromatic N) is 2. The Morgan fingerprint density at radius 1 is 1.60 bits per heavy atom. The highest BCUT2D eigenvalue weighted by molar-refractivity contribution is 5.92. The molecule has 1 aromatic rings. The van der Waals surface area contributed by atoms with Crippen molar-refractivity contribution in [2.75, 3.05) is 13.1 Å². The number of amides is 1. The molecule has 0 saturated carbocycles. The largest absolute Gasteiger partial charge is 0.349 e. The molecule has 1 aliphatic heterocycles. The molecule has 2 rings (SSSR count). The molecule has 0 aromatic carbocycles. The van der Waals surface area contributed by atoms with E-state index in [0.29, 0.717) is 18.3 Å². The fourth-order valence-electron chi connectivity index (χ4n) is 2.73. The summed E-state index contributed by atoms with van der Waals surface area (Å²) >= 11 is 0. The van der Waals surface area contributed by atoms with Gasteiger partial charge in [0.1, 0.15) is 5.69 Å². The minimum Gasteiger partial charge on any atom is -0.349 e. The molecule has 1 aliphatic rings. The van der Waals surface area contributed by atoms with E-state index in [-0.39, 0.29) is 23.7 Å². The summed E-state index contributed by atoms with van der Waals surface area (Å²) in [4.78, 5) is 12.1. The number of carbonyl (C=O) groups excluding carboxylic acids is 1. The minimum atomic E-state index is -0.0497. The molecule has 2 heterocycles. The molecule has 0 bridgehead atoms. The van der Waals surface area contributed by atoms with E-state index < -0.39 is 0 Å². The molecule has 0 spiro atoms. The van der Waals surface area contributed by atoms with Gasteiger partial charge in [-0.05, 0) is 37.8 Å². The van der Waals surface area contributed by atoms with Gasteiger partial charge in [0.2, 0.25) is 0 Å². The molecule has 5 nitrogen and oxygen atoms in total. The van der Waals surface area contributed by atoms with E-state index in [1.807, 2.05) is 13.0 Å². The van der Waals surface area contributed by atoms with Crippen LogP contribution in [-0.4, -0.2) is 34.8 Å². The van der Waals surface area contributed by atoms with Gasteiger partial charge in [-0.15, -0.1) is 12.4 Å². The van der Waals surface area contributed by atoms with Crippen LogP contribution >= 0.6 is 12.4 Å². The first-order valence-corrected chi connectivity index (χ1v) is 6.92. The van der Waals surface area contributed by atoms with Crippen LogP contribution in [-0.2, 0) is 7.05 Å². The molecule has 20 heavy (non-hydrogen) atoms. The maximum atomic E-state index is 12.1. The summed E-state index contributed by atoms with van der Waals surface area (Å²) in [5.74, 6) is -0.0497. The second-order valence-corrected chi connectivity index (χ2v) is 6.10. The highest BCUT2D eigenvalue weighted by Gasteiger charge is 2.32. The number of hydrogen-bond acceptors (Lipinski definition) is 3. The Morgan fingerprint density at radius 2 is 2.30 bits per heavy atom. The monoisotopic (exact) mass is 300 g/mol. The number of aryl methyl sites for hydroxylation is 2. The van der Waals surface area contributed by atoms with Crippen LogP contribution in [0.5, 0.6) is 0 Å². The van der Waals surface area contributed by atoms with Crippen molar-refractivity contribution in [3.63, 3.8) is 0 Å². The molecule has 1 aromatic heterocycles. The van der Waals surface area contributed by atoms with E-state index >= 15 is 0 Å². The average molecular weight is 301 g/mol. The Kier molecular flexibility index (Phi) is 5.59. The predicted molar refractivity (Wildman–Crippen MR) is 82.3 cm³/mol. The zero-order valence-corrected chi connectivity index (χ0v) is 13.5. The molecule has 1 saturated heterocycles. The average Bonchev–Trinajstić information content (AvgIpc) is 2.66. The lowest BCUT2D eigenvalue weighted by atomic mass is 9.77. The first-order chi connectivity index (χ1) is 8.90.